The van der Waals surface area contributed by atoms with E-state index < -0.39 is 6.10 Å². The molecule has 1 aromatic carbocycles. The van der Waals surface area contributed by atoms with Crippen molar-refractivity contribution in [2.75, 3.05) is 27.7 Å². The molecule has 0 aromatic heterocycles. The predicted molar refractivity (Wildman–Crippen MR) is 92.5 cm³/mol. The highest BCUT2D eigenvalue weighted by Crippen LogP contribution is 2.24. The summed E-state index contributed by atoms with van der Waals surface area (Å²) < 4.78 is 5.14. The Morgan fingerprint density at radius 3 is 2.52 bits per heavy atom. The predicted octanol–water partition coefficient (Wildman–Crippen LogP) is 2.21. The van der Waals surface area contributed by atoms with Gasteiger partial charge in [-0.25, -0.2) is 0 Å². The number of aliphatic hydroxyl groups is 1. The maximum atomic E-state index is 12.4. The fourth-order valence-electron chi connectivity index (χ4n) is 2.32. The summed E-state index contributed by atoms with van der Waals surface area (Å²) in [5.74, 6) is 0.242. The van der Waals surface area contributed by atoms with Gasteiger partial charge in [-0.2, -0.15) is 0 Å². The third-order valence-corrected chi connectivity index (χ3v) is 3.88. The normalized spacial score (nSPS) is 14.4. The molecule has 0 aliphatic rings. The Balaban J connectivity index is 2.80. The summed E-state index contributed by atoms with van der Waals surface area (Å²) in [5, 5.41) is 13.3. The molecule has 2 atom stereocenters. The van der Waals surface area contributed by atoms with Crippen LogP contribution in [0, 0.1) is 5.41 Å². The van der Waals surface area contributed by atoms with Crippen LogP contribution in [0.3, 0.4) is 0 Å². The first-order valence-electron chi connectivity index (χ1n) is 7.92. The molecule has 1 rings (SSSR count). The minimum absolute atomic E-state index is 0.0161. The van der Waals surface area contributed by atoms with Crippen molar-refractivity contribution in [3.8, 4) is 5.75 Å². The molecule has 0 saturated heterocycles. The van der Waals surface area contributed by atoms with Gasteiger partial charge in [0.25, 0.3) is 5.91 Å². The Labute approximate surface area is 139 Å². The molecule has 0 spiro atoms. The van der Waals surface area contributed by atoms with Gasteiger partial charge in [0, 0.05) is 6.04 Å². The second-order valence-electron chi connectivity index (χ2n) is 7.20. The van der Waals surface area contributed by atoms with Crippen molar-refractivity contribution in [1.82, 2.24) is 10.2 Å². The van der Waals surface area contributed by atoms with E-state index in [1.54, 1.807) is 31.4 Å². The van der Waals surface area contributed by atoms with Gasteiger partial charge in [-0.3, -0.25) is 4.79 Å². The van der Waals surface area contributed by atoms with Crippen molar-refractivity contribution in [2.45, 2.75) is 39.3 Å². The van der Waals surface area contributed by atoms with E-state index in [4.69, 9.17) is 4.74 Å². The molecule has 0 saturated carbocycles. The number of amides is 1. The lowest BCUT2D eigenvalue weighted by molar-refractivity contribution is -0.131. The summed E-state index contributed by atoms with van der Waals surface area (Å²) in [6, 6.07) is 6.92. The number of ether oxygens (including phenoxy) is 1. The van der Waals surface area contributed by atoms with Gasteiger partial charge in [-0.15, -0.1) is 0 Å². The number of aliphatic hydroxyl groups excluding tert-OH is 1. The van der Waals surface area contributed by atoms with Crippen LogP contribution in [0.25, 0.3) is 0 Å². The minimum atomic E-state index is -1.20. The van der Waals surface area contributed by atoms with Gasteiger partial charge >= 0.3 is 0 Å². The van der Waals surface area contributed by atoms with Crippen LogP contribution in [0.4, 0.5) is 0 Å². The quantitative estimate of drug-likeness (QED) is 0.808. The van der Waals surface area contributed by atoms with Crippen LogP contribution in [0.2, 0.25) is 0 Å². The lowest BCUT2D eigenvalue weighted by atomic mass is 9.84. The number of carbonyl (C=O) groups excluding carboxylic acids is 1. The number of nitrogens with zero attached hydrogens (tertiary/aromatic N) is 1. The monoisotopic (exact) mass is 322 g/mol. The highest BCUT2D eigenvalue weighted by molar-refractivity contribution is 5.82. The molecule has 1 aromatic rings. The van der Waals surface area contributed by atoms with Crippen LogP contribution in [0.1, 0.15) is 38.9 Å². The molecule has 0 aliphatic heterocycles. The van der Waals surface area contributed by atoms with Gasteiger partial charge < -0.3 is 20.1 Å². The summed E-state index contributed by atoms with van der Waals surface area (Å²) in [5.41, 5.74) is 0.446. The van der Waals surface area contributed by atoms with Crippen LogP contribution >= 0.6 is 0 Å². The van der Waals surface area contributed by atoms with Crippen LogP contribution < -0.4 is 10.1 Å². The highest BCUT2D eigenvalue weighted by Gasteiger charge is 2.28. The molecule has 0 fully saturated rings. The number of methoxy groups -OCH3 is 1. The molecule has 5 heteroatoms. The number of rotatable bonds is 7. The summed E-state index contributed by atoms with van der Waals surface area (Å²) in [4.78, 5) is 14.5. The first-order chi connectivity index (χ1) is 10.6. The Hall–Kier alpha value is -1.59. The Kier molecular flexibility index (Phi) is 7.03. The van der Waals surface area contributed by atoms with Crippen LogP contribution in [-0.2, 0) is 4.79 Å². The van der Waals surface area contributed by atoms with E-state index >= 15 is 0 Å². The molecular weight excluding hydrogens is 292 g/mol. The van der Waals surface area contributed by atoms with Crippen molar-refractivity contribution in [3.63, 3.8) is 0 Å². The first-order valence-corrected chi connectivity index (χ1v) is 7.92. The Morgan fingerprint density at radius 1 is 1.35 bits per heavy atom. The van der Waals surface area contributed by atoms with Crippen molar-refractivity contribution < 1.29 is 14.6 Å². The molecular formula is C18H30N2O3. The number of nitrogens with one attached hydrogen (secondary N) is 1. The van der Waals surface area contributed by atoms with E-state index in [2.05, 4.69) is 31.0 Å². The van der Waals surface area contributed by atoms with Crippen molar-refractivity contribution in [1.29, 1.82) is 0 Å². The van der Waals surface area contributed by atoms with Crippen molar-refractivity contribution >= 4 is 5.91 Å². The number of hydrogen-bond acceptors (Lipinski definition) is 4. The first kappa shape index (κ1) is 19.5. The van der Waals surface area contributed by atoms with E-state index in [0.717, 1.165) is 13.0 Å². The van der Waals surface area contributed by atoms with E-state index in [1.807, 2.05) is 14.1 Å². The summed E-state index contributed by atoms with van der Waals surface area (Å²) in [7, 11) is 5.57. The third-order valence-electron chi connectivity index (χ3n) is 3.88. The lowest BCUT2D eigenvalue weighted by Gasteiger charge is -2.33. The molecule has 2 unspecified atom stereocenters. The Bertz CT molecular complexity index is 509. The van der Waals surface area contributed by atoms with Gasteiger partial charge in [0.05, 0.1) is 7.11 Å². The van der Waals surface area contributed by atoms with E-state index in [9.17, 15) is 9.90 Å². The average molecular weight is 322 g/mol. The van der Waals surface area contributed by atoms with Gasteiger partial charge in [0.15, 0.2) is 6.10 Å². The zero-order valence-corrected chi connectivity index (χ0v) is 15.1. The maximum absolute atomic E-state index is 12.4. The molecule has 0 aliphatic carbocycles. The summed E-state index contributed by atoms with van der Waals surface area (Å²) in [6.45, 7) is 7.14. The smallest absolute Gasteiger partial charge is 0.253 e. The number of benzene rings is 1. The molecule has 23 heavy (non-hydrogen) atoms. The zero-order valence-electron chi connectivity index (χ0n) is 15.1. The lowest BCUT2D eigenvalue weighted by Crippen LogP contribution is -2.46. The Morgan fingerprint density at radius 2 is 2.00 bits per heavy atom. The number of hydrogen-bond donors (Lipinski definition) is 2. The molecule has 5 nitrogen and oxygen atoms in total. The average Bonchev–Trinajstić information content (AvgIpc) is 2.49. The van der Waals surface area contributed by atoms with Gasteiger partial charge in [-0.1, -0.05) is 32.9 Å². The van der Waals surface area contributed by atoms with Gasteiger partial charge in [-0.05, 0) is 50.2 Å². The van der Waals surface area contributed by atoms with Gasteiger partial charge in [0.2, 0.25) is 0 Å². The van der Waals surface area contributed by atoms with E-state index in [1.165, 1.54) is 0 Å². The summed E-state index contributed by atoms with van der Waals surface area (Å²) in [6.07, 6.45) is -0.373. The third kappa shape index (κ3) is 6.20. The molecule has 130 valence electrons. The minimum Gasteiger partial charge on any atom is -0.497 e. The molecule has 1 amide bonds. The zero-order chi connectivity index (χ0) is 17.6. The maximum Gasteiger partial charge on any atom is 0.253 e. The van der Waals surface area contributed by atoms with Gasteiger partial charge in [0.1, 0.15) is 5.75 Å². The van der Waals surface area contributed by atoms with Crippen LogP contribution in [0.5, 0.6) is 5.75 Å². The molecule has 0 bridgehead atoms. The standard InChI is InChI=1S/C18H30N2O3/c1-18(2,3)15(10-11-20(4)5)19-17(22)16(21)13-8-7-9-14(12-13)23-6/h7-9,12,15-16,21H,10-11H2,1-6H3,(H,19,22). The van der Waals surface area contributed by atoms with Crippen LogP contribution in [0.15, 0.2) is 24.3 Å². The summed E-state index contributed by atoms with van der Waals surface area (Å²) >= 11 is 0. The van der Waals surface area contributed by atoms with Crippen LogP contribution in [-0.4, -0.2) is 49.7 Å². The molecule has 2 N–H and O–H groups in total. The van der Waals surface area contributed by atoms with Crippen molar-refractivity contribution in [2.24, 2.45) is 5.41 Å². The topological polar surface area (TPSA) is 61.8 Å². The fraction of sp³-hybridized carbons (Fsp3) is 0.611. The highest BCUT2D eigenvalue weighted by atomic mass is 16.5. The fourth-order valence-corrected chi connectivity index (χ4v) is 2.32. The number of carbonyl (C=O) groups is 1. The second kappa shape index (κ2) is 8.31. The van der Waals surface area contributed by atoms with Crippen molar-refractivity contribution in [3.05, 3.63) is 29.8 Å². The molecule has 0 radical (unpaired) electrons. The SMILES string of the molecule is COc1cccc(C(O)C(=O)NC(CCN(C)C)C(C)(C)C)c1. The van der Waals surface area contributed by atoms with E-state index in [-0.39, 0.29) is 17.4 Å². The molecule has 0 heterocycles. The van der Waals surface area contributed by atoms with E-state index in [0.29, 0.717) is 11.3 Å². The second-order valence-corrected chi connectivity index (χ2v) is 7.20. The largest absolute Gasteiger partial charge is 0.497 e.